The molecule has 45 heavy (non-hydrogen) atoms. The standard InChI is InChI=1S/C30H33F8N2O3PS/c1-2-15-39-18-24-27(45(42,43)21-9-7-20(44)8-10-21,14-16-40(24)25(41)26(31)12-4-3-5-13-26)22-11-6-19(17-23(22)39)28(32,29(33,34)35)30(36,37)38/h6-11,17,24H,2-5,12-16,18,44H2,1H3. The number of hydrogen-bond donors (Lipinski definition) is 0. The van der Waals surface area contributed by atoms with Crippen LogP contribution < -0.4 is 10.2 Å². The fourth-order valence-corrected chi connectivity index (χ4v) is 9.69. The van der Waals surface area contributed by atoms with E-state index in [0.29, 0.717) is 36.7 Å². The monoisotopic (exact) mass is 684 g/mol. The summed E-state index contributed by atoms with van der Waals surface area (Å²) >= 11 is 0. The minimum absolute atomic E-state index is 0.0327. The maximum Gasteiger partial charge on any atom is 0.435 e. The summed E-state index contributed by atoms with van der Waals surface area (Å²) in [5, 5.41) is 0.643. The molecular weight excluding hydrogens is 651 g/mol. The molecule has 0 bridgehead atoms. The lowest BCUT2D eigenvalue weighted by Crippen LogP contribution is -2.61. The number of nitrogens with zero attached hydrogens (tertiary/aromatic N) is 2. The predicted octanol–water partition coefficient (Wildman–Crippen LogP) is 6.65. The Morgan fingerprint density at radius 3 is 2.09 bits per heavy atom. The quantitative estimate of drug-likeness (QED) is 0.253. The Morgan fingerprint density at radius 2 is 1.53 bits per heavy atom. The second-order valence-corrected chi connectivity index (χ2v) is 15.0. The van der Waals surface area contributed by atoms with Gasteiger partial charge in [-0.25, -0.2) is 17.2 Å². The van der Waals surface area contributed by atoms with Crippen LogP contribution in [0.3, 0.4) is 0 Å². The minimum Gasteiger partial charge on any atom is -0.369 e. The van der Waals surface area contributed by atoms with Gasteiger partial charge in [-0.15, -0.1) is 9.24 Å². The van der Waals surface area contributed by atoms with Crippen LogP contribution in [0.15, 0.2) is 47.4 Å². The van der Waals surface area contributed by atoms with E-state index in [1.165, 1.54) is 34.1 Å². The number of anilines is 1. The van der Waals surface area contributed by atoms with Crippen molar-refractivity contribution in [1.29, 1.82) is 0 Å². The fraction of sp³-hybridized carbons (Fsp3) is 0.567. The first-order valence-electron chi connectivity index (χ1n) is 14.7. The van der Waals surface area contributed by atoms with Gasteiger partial charge in [-0.05, 0) is 67.6 Å². The molecule has 248 valence electrons. The van der Waals surface area contributed by atoms with Gasteiger partial charge in [0.1, 0.15) is 4.75 Å². The molecular formula is C30H33F8N2O3PS. The molecule has 1 amide bonds. The number of carbonyl (C=O) groups excluding carboxylic acids is 1. The molecule has 3 atom stereocenters. The van der Waals surface area contributed by atoms with Gasteiger partial charge in [0.2, 0.25) is 0 Å². The summed E-state index contributed by atoms with van der Waals surface area (Å²) in [5.41, 5.74) is -10.2. The van der Waals surface area contributed by atoms with Crippen LogP contribution in [0.4, 0.5) is 40.8 Å². The zero-order valence-electron chi connectivity index (χ0n) is 24.3. The lowest BCUT2D eigenvalue weighted by molar-refractivity contribution is -0.348. The third-order valence-corrected chi connectivity index (χ3v) is 12.4. The first-order chi connectivity index (χ1) is 20.8. The minimum atomic E-state index is -6.37. The van der Waals surface area contributed by atoms with Gasteiger partial charge in [0, 0.05) is 30.9 Å². The Kier molecular flexibility index (Phi) is 8.55. The SMILES string of the molecule is CCCN1CC2N(C(=O)C3(F)CCCCC3)CCC2(S(=O)(=O)c2ccc(P)cc2)c2ccc(C(F)(C(F)(F)F)C(F)(F)F)cc21. The summed E-state index contributed by atoms with van der Waals surface area (Å²) in [4.78, 5) is 16.2. The second-order valence-electron chi connectivity index (χ2n) is 12.1. The van der Waals surface area contributed by atoms with Gasteiger partial charge in [0.05, 0.1) is 10.9 Å². The molecule has 0 aromatic heterocycles. The highest BCUT2D eigenvalue weighted by atomic mass is 32.2. The van der Waals surface area contributed by atoms with Crippen LogP contribution in [0.1, 0.15) is 63.0 Å². The number of benzene rings is 2. The largest absolute Gasteiger partial charge is 0.435 e. The highest BCUT2D eigenvalue weighted by molar-refractivity contribution is 7.92. The van der Waals surface area contributed by atoms with Gasteiger partial charge in [-0.2, -0.15) is 26.3 Å². The van der Waals surface area contributed by atoms with Crippen molar-refractivity contribution < 1.29 is 48.3 Å². The smallest absolute Gasteiger partial charge is 0.369 e. The van der Waals surface area contributed by atoms with E-state index < -0.39 is 55.8 Å². The Morgan fingerprint density at radius 1 is 0.933 bits per heavy atom. The number of alkyl halides is 8. The summed E-state index contributed by atoms with van der Waals surface area (Å²) in [6, 6.07) is 5.94. The topological polar surface area (TPSA) is 57.7 Å². The van der Waals surface area contributed by atoms with E-state index in [-0.39, 0.29) is 55.0 Å². The number of halogens is 8. The van der Waals surface area contributed by atoms with Gasteiger partial charge in [-0.1, -0.05) is 37.6 Å². The molecule has 0 spiro atoms. The van der Waals surface area contributed by atoms with Crippen LogP contribution >= 0.6 is 9.24 Å². The van der Waals surface area contributed by atoms with Gasteiger partial charge < -0.3 is 9.80 Å². The predicted molar refractivity (Wildman–Crippen MR) is 156 cm³/mol. The third kappa shape index (κ3) is 5.12. The number of amides is 1. The Labute approximate surface area is 258 Å². The zero-order valence-corrected chi connectivity index (χ0v) is 26.3. The van der Waals surface area contributed by atoms with E-state index in [1.54, 1.807) is 6.92 Å². The molecule has 3 aliphatic rings. The van der Waals surface area contributed by atoms with Crippen molar-refractivity contribution in [2.24, 2.45) is 0 Å². The first kappa shape index (κ1) is 33.9. The van der Waals surface area contributed by atoms with Crippen LogP contribution in [-0.2, 0) is 25.0 Å². The van der Waals surface area contributed by atoms with Gasteiger partial charge in [0.25, 0.3) is 5.91 Å². The molecule has 5 rings (SSSR count). The molecule has 3 unspecified atom stereocenters. The summed E-state index contributed by atoms with van der Waals surface area (Å²) in [6.45, 7) is 1.18. The number of fused-ring (bicyclic) bond motifs is 3. The molecule has 2 aromatic rings. The maximum atomic E-state index is 16.1. The average molecular weight is 685 g/mol. The summed E-state index contributed by atoms with van der Waals surface area (Å²) < 4.78 is 141. The second kappa shape index (κ2) is 11.3. The van der Waals surface area contributed by atoms with Gasteiger partial charge in [-0.3, -0.25) is 4.79 Å². The van der Waals surface area contributed by atoms with E-state index in [9.17, 15) is 39.6 Å². The number of likely N-dealkylation sites (tertiary alicyclic amines) is 1. The molecule has 0 radical (unpaired) electrons. The molecule has 2 heterocycles. The highest BCUT2D eigenvalue weighted by Gasteiger charge is 2.74. The van der Waals surface area contributed by atoms with E-state index in [4.69, 9.17) is 0 Å². The molecule has 2 fully saturated rings. The van der Waals surface area contributed by atoms with Crippen molar-refractivity contribution >= 4 is 36.0 Å². The normalized spacial score (nSPS) is 23.9. The first-order valence-corrected chi connectivity index (χ1v) is 16.7. The summed E-state index contributed by atoms with van der Waals surface area (Å²) in [5.74, 6) is -0.877. The molecule has 5 nitrogen and oxygen atoms in total. The van der Waals surface area contributed by atoms with E-state index in [0.717, 1.165) is 12.5 Å². The van der Waals surface area contributed by atoms with Crippen molar-refractivity contribution in [3.8, 4) is 0 Å². The maximum absolute atomic E-state index is 16.1. The van der Waals surface area contributed by atoms with Crippen molar-refractivity contribution in [2.45, 2.75) is 91.2 Å². The van der Waals surface area contributed by atoms with E-state index in [1.807, 2.05) is 0 Å². The number of hydrogen-bond acceptors (Lipinski definition) is 4. The number of sulfone groups is 1. The van der Waals surface area contributed by atoms with Crippen molar-refractivity contribution in [1.82, 2.24) is 4.90 Å². The van der Waals surface area contributed by atoms with Crippen molar-refractivity contribution in [3.63, 3.8) is 0 Å². The van der Waals surface area contributed by atoms with Crippen molar-refractivity contribution in [3.05, 3.63) is 53.6 Å². The fourth-order valence-electron chi connectivity index (χ4n) is 7.21. The number of carbonyl (C=O) groups is 1. The lowest BCUT2D eigenvalue weighted by Gasteiger charge is -2.48. The van der Waals surface area contributed by atoms with E-state index in [2.05, 4.69) is 9.24 Å². The highest BCUT2D eigenvalue weighted by Crippen LogP contribution is 2.58. The average Bonchev–Trinajstić information content (AvgIpc) is 3.36. The van der Waals surface area contributed by atoms with Crippen LogP contribution in [0.25, 0.3) is 0 Å². The van der Waals surface area contributed by atoms with Gasteiger partial charge >= 0.3 is 18.0 Å². The molecule has 15 heteroatoms. The zero-order chi connectivity index (χ0) is 33.2. The summed E-state index contributed by atoms with van der Waals surface area (Å²) in [7, 11) is -2.15. The molecule has 1 saturated heterocycles. The lowest BCUT2D eigenvalue weighted by atomic mass is 9.81. The third-order valence-electron chi connectivity index (χ3n) is 9.46. The van der Waals surface area contributed by atoms with Crippen LogP contribution in [0.5, 0.6) is 0 Å². The van der Waals surface area contributed by atoms with E-state index >= 15 is 8.78 Å². The van der Waals surface area contributed by atoms with Crippen LogP contribution in [0, 0.1) is 0 Å². The Balaban J connectivity index is 1.76. The molecule has 0 N–H and O–H groups in total. The van der Waals surface area contributed by atoms with Gasteiger partial charge in [0.15, 0.2) is 15.5 Å². The van der Waals surface area contributed by atoms with Crippen molar-refractivity contribution in [2.75, 3.05) is 24.5 Å². The van der Waals surface area contributed by atoms with Crippen LogP contribution in [-0.4, -0.2) is 62.9 Å². The molecule has 2 aliphatic heterocycles. The molecule has 2 aromatic carbocycles. The summed E-state index contributed by atoms with van der Waals surface area (Å²) in [6.07, 6.45) is -11.2. The Hall–Kier alpha value is -2.47. The molecule has 1 saturated carbocycles. The molecule has 1 aliphatic carbocycles. The number of rotatable bonds is 6. The Bertz CT molecular complexity index is 1540. The van der Waals surface area contributed by atoms with Crippen LogP contribution in [0.2, 0.25) is 0 Å².